The summed E-state index contributed by atoms with van der Waals surface area (Å²) in [6, 6.07) is 6.23. The number of aromatic amines is 2. The summed E-state index contributed by atoms with van der Waals surface area (Å²) >= 11 is 0. The van der Waals surface area contributed by atoms with E-state index in [4.69, 9.17) is 0 Å². The van der Waals surface area contributed by atoms with Gasteiger partial charge in [-0.25, -0.2) is 4.98 Å². The average Bonchev–Trinajstić information content (AvgIpc) is 3.69. The van der Waals surface area contributed by atoms with Gasteiger partial charge in [-0.15, -0.1) is 0 Å². The third-order valence-corrected chi connectivity index (χ3v) is 8.19. The molecule has 2 aliphatic rings. The van der Waals surface area contributed by atoms with E-state index in [9.17, 15) is 4.79 Å². The number of aromatic nitrogens is 5. The number of nitrogens with zero attached hydrogens (tertiary/aromatic N) is 4. The van der Waals surface area contributed by atoms with E-state index < -0.39 is 0 Å². The number of imidazole rings is 1. The lowest BCUT2D eigenvalue weighted by Gasteiger charge is -2.32. The van der Waals surface area contributed by atoms with E-state index in [-0.39, 0.29) is 11.4 Å². The molecule has 9 heteroatoms. The van der Waals surface area contributed by atoms with E-state index in [2.05, 4.69) is 66.7 Å². The van der Waals surface area contributed by atoms with Crippen molar-refractivity contribution in [2.24, 2.45) is 0 Å². The number of carbonyl (C=O) groups is 1. The van der Waals surface area contributed by atoms with Crippen molar-refractivity contribution in [2.45, 2.75) is 51.6 Å². The van der Waals surface area contributed by atoms with Crippen LogP contribution in [0.3, 0.4) is 0 Å². The molecule has 0 aliphatic carbocycles. The monoisotopic (exact) mass is 498 g/mol. The highest BCUT2D eigenvalue weighted by Gasteiger charge is 2.44. The van der Waals surface area contributed by atoms with Crippen molar-refractivity contribution in [2.75, 3.05) is 26.2 Å². The lowest BCUT2D eigenvalue weighted by molar-refractivity contribution is 0.0915. The van der Waals surface area contributed by atoms with Crippen LogP contribution in [0.2, 0.25) is 0 Å². The predicted octanol–water partition coefficient (Wildman–Crippen LogP) is 3.79. The van der Waals surface area contributed by atoms with Gasteiger partial charge in [0.05, 0.1) is 11.7 Å². The normalized spacial score (nSPS) is 16.9. The van der Waals surface area contributed by atoms with E-state index >= 15 is 0 Å². The Labute approximate surface area is 216 Å². The minimum atomic E-state index is -0.119. The van der Waals surface area contributed by atoms with Crippen LogP contribution in [0.25, 0.3) is 33.5 Å². The maximum absolute atomic E-state index is 13.0. The Hall–Kier alpha value is -3.56. The lowest BCUT2D eigenvalue weighted by atomic mass is 9.94. The molecule has 2 fully saturated rings. The van der Waals surface area contributed by atoms with Crippen molar-refractivity contribution in [3.8, 4) is 22.6 Å². The first-order chi connectivity index (χ1) is 18.1. The van der Waals surface area contributed by atoms with Crippen molar-refractivity contribution in [1.29, 1.82) is 0 Å². The molecule has 37 heavy (non-hydrogen) atoms. The second kappa shape index (κ2) is 9.72. The molecule has 192 valence electrons. The third kappa shape index (κ3) is 4.32. The minimum absolute atomic E-state index is 0.119. The number of carbonyl (C=O) groups excluding carboxylic acids is 1. The highest BCUT2D eigenvalue weighted by atomic mass is 16.1. The van der Waals surface area contributed by atoms with Crippen molar-refractivity contribution in [1.82, 2.24) is 40.7 Å². The summed E-state index contributed by atoms with van der Waals surface area (Å²) in [5, 5.41) is 15.1. The molecule has 9 nitrogen and oxygen atoms in total. The quantitative estimate of drug-likeness (QED) is 0.294. The number of amides is 1. The van der Waals surface area contributed by atoms with Gasteiger partial charge in [0, 0.05) is 42.0 Å². The van der Waals surface area contributed by atoms with Gasteiger partial charge in [-0.3, -0.25) is 19.8 Å². The summed E-state index contributed by atoms with van der Waals surface area (Å²) in [4.78, 5) is 27.7. The van der Waals surface area contributed by atoms with E-state index in [0.717, 1.165) is 61.1 Å². The summed E-state index contributed by atoms with van der Waals surface area (Å²) in [6.45, 7) is 8.92. The van der Waals surface area contributed by atoms with Crippen molar-refractivity contribution >= 4 is 16.8 Å². The molecule has 2 saturated heterocycles. The standard InChI is InChI=1S/C28H34N8O/c1-3-29-13-20-14-30-15-22(18(20)2)19-6-7-23-21(12-19)25(35-34-23)26-31-16-24(33-26)27(37)32-17-28-8-4-10-36(28)11-5-9-28/h6-7,12,14-16,29H,3-5,8-11,13,17H2,1-2H3,(H,31,33)(H,32,37)(H,34,35). The number of H-pyrrole nitrogens is 2. The summed E-state index contributed by atoms with van der Waals surface area (Å²) in [7, 11) is 0. The number of hydrogen-bond acceptors (Lipinski definition) is 6. The fourth-order valence-corrected chi connectivity index (χ4v) is 6.07. The van der Waals surface area contributed by atoms with E-state index in [1.165, 1.54) is 24.0 Å². The van der Waals surface area contributed by atoms with E-state index in [0.29, 0.717) is 23.8 Å². The smallest absolute Gasteiger partial charge is 0.269 e. The Morgan fingerprint density at radius 1 is 1.16 bits per heavy atom. The van der Waals surface area contributed by atoms with Gasteiger partial charge in [0.25, 0.3) is 5.91 Å². The largest absolute Gasteiger partial charge is 0.349 e. The molecule has 6 rings (SSSR count). The number of benzene rings is 1. The number of fused-ring (bicyclic) bond motifs is 2. The maximum Gasteiger partial charge on any atom is 0.269 e. The molecule has 4 aromatic rings. The highest BCUT2D eigenvalue weighted by molar-refractivity contribution is 5.96. The number of hydrogen-bond donors (Lipinski definition) is 4. The Morgan fingerprint density at radius 3 is 2.81 bits per heavy atom. The Morgan fingerprint density at radius 2 is 2.00 bits per heavy atom. The molecule has 3 aromatic heterocycles. The molecule has 0 unspecified atom stereocenters. The number of pyridine rings is 1. The Kier molecular flexibility index (Phi) is 6.26. The van der Waals surface area contributed by atoms with Gasteiger partial charge in [-0.1, -0.05) is 13.0 Å². The van der Waals surface area contributed by atoms with Crippen LogP contribution in [0.1, 0.15) is 54.2 Å². The molecular weight excluding hydrogens is 464 g/mol. The van der Waals surface area contributed by atoms with Crippen molar-refractivity contribution in [3.63, 3.8) is 0 Å². The van der Waals surface area contributed by atoms with Crippen molar-refractivity contribution < 1.29 is 4.79 Å². The highest BCUT2D eigenvalue weighted by Crippen LogP contribution is 2.38. The minimum Gasteiger partial charge on any atom is -0.349 e. The van der Waals surface area contributed by atoms with Gasteiger partial charge in [0.1, 0.15) is 11.4 Å². The first kappa shape index (κ1) is 23.8. The molecule has 0 saturated carbocycles. The van der Waals surface area contributed by atoms with Crippen LogP contribution >= 0.6 is 0 Å². The molecule has 0 atom stereocenters. The Balaban J connectivity index is 1.24. The lowest BCUT2D eigenvalue weighted by Crippen LogP contribution is -2.48. The fraction of sp³-hybridized carbons (Fsp3) is 0.429. The summed E-state index contributed by atoms with van der Waals surface area (Å²) < 4.78 is 0. The number of nitrogens with one attached hydrogen (secondary N) is 4. The van der Waals surface area contributed by atoms with Gasteiger partial charge >= 0.3 is 0 Å². The topological polar surface area (TPSA) is 115 Å². The van der Waals surface area contributed by atoms with Gasteiger partial charge in [-0.2, -0.15) is 5.10 Å². The van der Waals surface area contributed by atoms with E-state index in [1.807, 2.05) is 18.5 Å². The number of rotatable bonds is 8. The van der Waals surface area contributed by atoms with Gasteiger partial charge in [-0.05, 0) is 81.1 Å². The average molecular weight is 499 g/mol. The molecule has 1 aromatic carbocycles. The van der Waals surface area contributed by atoms with Crippen molar-refractivity contribution in [3.05, 3.63) is 53.6 Å². The second-order valence-corrected chi connectivity index (χ2v) is 10.3. The Bertz CT molecular complexity index is 1430. The maximum atomic E-state index is 13.0. The van der Waals surface area contributed by atoms with E-state index in [1.54, 1.807) is 6.20 Å². The summed E-state index contributed by atoms with van der Waals surface area (Å²) in [6.07, 6.45) is 10.2. The molecule has 2 aliphatic heterocycles. The SMILES string of the molecule is CCNCc1cncc(-c2ccc3[nH]nc(-c4ncc(C(=O)NCC56CCCN5CCC6)[nH]4)c3c2)c1C. The first-order valence-corrected chi connectivity index (χ1v) is 13.3. The van der Waals surface area contributed by atoms with Crippen LogP contribution in [0.4, 0.5) is 0 Å². The van der Waals surface area contributed by atoms with Gasteiger partial charge in [0.2, 0.25) is 0 Å². The van der Waals surface area contributed by atoms with Gasteiger partial charge in [0.15, 0.2) is 5.82 Å². The predicted molar refractivity (Wildman–Crippen MR) is 144 cm³/mol. The molecule has 0 radical (unpaired) electrons. The van der Waals surface area contributed by atoms with Crippen LogP contribution in [0.15, 0.2) is 36.8 Å². The zero-order chi connectivity index (χ0) is 25.4. The molecule has 0 spiro atoms. The van der Waals surface area contributed by atoms with Crippen LogP contribution in [0.5, 0.6) is 0 Å². The first-order valence-electron chi connectivity index (χ1n) is 13.3. The molecule has 1 amide bonds. The van der Waals surface area contributed by atoms with Crippen LogP contribution in [-0.4, -0.2) is 67.7 Å². The third-order valence-electron chi connectivity index (χ3n) is 8.19. The van der Waals surface area contributed by atoms with Crippen LogP contribution in [0, 0.1) is 6.92 Å². The molecule has 5 heterocycles. The summed E-state index contributed by atoms with van der Waals surface area (Å²) in [5.41, 5.74) is 6.77. The second-order valence-electron chi connectivity index (χ2n) is 10.3. The molecule has 0 bridgehead atoms. The summed E-state index contributed by atoms with van der Waals surface area (Å²) in [5.74, 6) is 0.456. The molecular formula is C28H34N8O. The zero-order valence-electron chi connectivity index (χ0n) is 21.5. The zero-order valence-corrected chi connectivity index (χ0v) is 21.5. The van der Waals surface area contributed by atoms with Gasteiger partial charge < -0.3 is 15.6 Å². The van der Waals surface area contributed by atoms with Crippen LogP contribution < -0.4 is 10.6 Å². The fourth-order valence-electron chi connectivity index (χ4n) is 6.07. The van der Waals surface area contributed by atoms with Crippen LogP contribution in [-0.2, 0) is 6.54 Å². The molecule has 4 N–H and O–H groups in total.